The summed E-state index contributed by atoms with van der Waals surface area (Å²) in [7, 11) is 0. The maximum Gasteiger partial charge on any atom is 0.305 e. The topological polar surface area (TPSA) is 95.9 Å². The summed E-state index contributed by atoms with van der Waals surface area (Å²) in [5, 5.41) is 23.1. The maximum atomic E-state index is 12.4. The first-order valence-corrected chi connectivity index (χ1v) is 31.5. The molecule has 2 atom stereocenters. The van der Waals surface area contributed by atoms with Crippen LogP contribution < -0.4 is 5.32 Å². The van der Waals surface area contributed by atoms with E-state index in [1.165, 1.54) is 289 Å². The summed E-state index contributed by atoms with van der Waals surface area (Å²) >= 11 is 0. The molecule has 1 amide bonds. The second-order valence-corrected chi connectivity index (χ2v) is 21.8. The Morgan fingerprint density at radius 3 is 0.986 bits per heavy atom. The monoisotopic (exact) mass is 974 g/mol. The molecule has 2 unspecified atom stereocenters. The molecule has 0 spiro atoms. The molecule has 0 aromatic heterocycles. The molecule has 0 radical (unpaired) electrons. The molecule has 0 aliphatic rings. The van der Waals surface area contributed by atoms with Gasteiger partial charge in [-0.25, -0.2) is 0 Å². The van der Waals surface area contributed by atoms with Crippen molar-refractivity contribution in [1.29, 1.82) is 0 Å². The van der Waals surface area contributed by atoms with Gasteiger partial charge in [0.25, 0.3) is 0 Å². The van der Waals surface area contributed by atoms with Crippen molar-refractivity contribution in [2.24, 2.45) is 0 Å². The number of carbonyl (C=O) groups is 2. The van der Waals surface area contributed by atoms with Crippen LogP contribution in [-0.4, -0.2) is 47.4 Å². The molecule has 69 heavy (non-hydrogen) atoms. The fraction of sp³-hybridized carbons (Fsp3) is 0.937. The Morgan fingerprint density at radius 1 is 0.391 bits per heavy atom. The molecule has 0 heterocycles. The first-order chi connectivity index (χ1) is 34.0. The number of carbonyl (C=O) groups excluding carboxylic acids is 2. The van der Waals surface area contributed by atoms with Crippen molar-refractivity contribution in [3.05, 3.63) is 12.2 Å². The molecule has 0 rings (SSSR count). The number of allylic oxidation sites excluding steroid dienone is 1. The Labute approximate surface area is 431 Å². The highest BCUT2D eigenvalue weighted by Gasteiger charge is 2.18. The van der Waals surface area contributed by atoms with Crippen LogP contribution in [0.3, 0.4) is 0 Å². The first-order valence-electron chi connectivity index (χ1n) is 31.5. The number of unbranched alkanes of at least 4 members (excludes halogenated alkanes) is 48. The Hall–Kier alpha value is -1.40. The predicted molar refractivity (Wildman–Crippen MR) is 301 cm³/mol. The molecule has 410 valence electrons. The van der Waals surface area contributed by atoms with E-state index in [0.717, 1.165) is 38.5 Å². The summed E-state index contributed by atoms with van der Waals surface area (Å²) in [6.45, 7) is 4.93. The van der Waals surface area contributed by atoms with Gasteiger partial charge in [0.05, 0.1) is 25.4 Å². The molecule has 0 saturated heterocycles. The number of hydrogen-bond donors (Lipinski definition) is 3. The van der Waals surface area contributed by atoms with Gasteiger partial charge in [0, 0.05) is 12.8 Å². The second kappa shape index (κ2) is 59.2. The van der Waals surface area contributed by atoms with Crippen molar-refractivity contribution < 1.29 is 24.5 Å². The zero-order valence-corrected chi connectivity index (χ0v) is 46.8. The van der Waals surface area contributed by atoms with Crippen LogP contribution in [0.15, 0.2) is 12.2 Å². The van der Waals surface area contributed by atoms with Crippen LogP contribution in [0, 0.1) is 0 Å². The van der Waals surface area contributed by atoms with Crippen molar-refractivity contribution in [1.82, 2.24) is 5.32 Å². The van der Waals surface area contributed by atoms with Crippen LogP contribution in [0.5, 0.6) is 0 Å². The fourth-order valence-corrected chi connectivity index (χ4v) is 9.99. The highest BCUT2D eigenvalue weighted by atomic mass is 16.5. The minimum Gasteiger partial charge on any atom is -0.466 e. The normalized spacial score (nSPS) is 12.6. The molecular weight excluding hydrogens is 851 g/mol. The molecule has 3 N–H and O–H groups in total. The second-order valence-electron chi connectivity index (χ2n) is 21.8. The van der Waals surface area contributed by atoms with Gasteiger partial charge in [-0.05, 0) is 32.1 Å². The molecule has 0 aromatic carbocycles. The quantitative estimate of drug-likeness (QED) is 0.0321. The number of nitrogens with one attached hydrogen (secondary N) is 1. The minimum atomic E-state index is -0.841. The van der Waals surface area contributed by atoms with Crippen LogP contribution in [0.2, 0.25) is 0 Å². The van der Waals surface area contributed by atoms with Crippen molar-refractivity contribution in [2.45, 2.75) is 366 Å². The van der Waals surface area contributed by atoms with Gasteiger partial charge in [0.15, 0.2) is 0 Å². The number of rotatable bonds is 59. The minimum absolute atomic E-state index is 0.0188. The molecule has 6 heteroatoms. The number of esters is 1. The molecule has 0 saturated carbocycles. The number of hydrogen-bond acceptors (Lipinski definition) is 5. The Balaban J connectivity index is 3.35. The van der Waals surface area contributed by atoms with Crippen LogP contribution in [-0.2, 0) is 14.3 Å². The van der Waals surface area contributed by atoms with Gasteiger partial charge < -0.3 is 20.3 Å². The van der Waals surface area contributed by atoms with Gasteiger partial charge in [-0.2, -0.15) is 0 Å². The van der Waals surface area contributed by atoms with Crippen LogP contribution >= 0.6 is 0 Å². The van der Waals surface area contributed by atoms with Crippen LogP contribution in [0.4, 0.5) is 0 Å². The zero-order valence-electron chi connectivity index (χ0n) is 46.8. The summed E-state index contributed by atoms with van der Waals surface area (Å²) in [6, 6.07) is -0.625. The summed E-state index contributed by atoms with van der Waals surface area (Å²) < 4.78 is 5.49. The van der Waals surface area contributed by atoms with Gasteiger partial charge >= 0.3 is 5.97 Å². The molecule has 0 fully saturated rings. The third-order valence-corrected chi connectivity index (χ3v) is 14.8. The van der Waals surface area contributed by atoms with E-state index >= 15 is 0 Å². The van der Waals surface area contributed by atoms with Crippen molar-refractivity contribution in [3.63, 3.8) is 0 Å². The standard InChI is InChI=1S/C63H123NO5/c1-3-5-7-9-11-13-15-17-33-37-41-45-49-53-57-63(68)69-58-54-50-46-42-38-34-30-28-26-24-22-20-18-19-21-23-25-27-29-32-36-40-44-48-52-56-62(67)64-60(59-65)61(66)55-51-47-43-39-35-31-16-14-12-10-8-6-4-2/h51,55,60-61,65-66H,3-50,52-54,56-59H2,1-2H3,(H,64,67)/b55-51+. The lowest BCUT2D eigenvalue weighted by Gasteiger charge is -2.20. The van der Waals surface area contributed by atoms with E-state index in [1.54, 1.807) is 6.08 Å². The van der Waals surface area contributed by atoms with Gasteiger partial charge in [0.2, 0.25) is 5.91 Å². The van der Waals surface area contributed by atoms with E-state index < -0.39 is 12.1 Å². The van der Waals surface area contributed by atoms with Crippen molar-refractivity contribution >= 4 is 11.9 Å². The predicted octanol–water partition coefficient (Wildman–Crippen LogP) is 19.6. The van der Waals surface area contributed by atoms with E-state index in [1.807, 2.05) is 6.08 Å². The lowest BCUT2D eigenvalue weighted by molar-refractivity contribution is -0.143. The summed E-state index contributed by atoms with van der Waals surface area (Å²) in [4.78, 5) is 24.5. The van der Waals surface area contributed by atoms with Gasteiger partial charge in [-0.1, -0.05) is 321 Å². The lowest BCUT2D eigenvalue weighted by Crippen LogP contribution is -2.45. The smallest absolute Gasteiger partial charge is 0.305 e. The molecular formula is C63H123NO5. The zero-order chi connectivity index (χ0) is 50.0. The Bertz CT molecular complexity index is 1030. The summed E-state index contributed by atoms with van der Waals surface area (Å²) in [6.07, 6.45) is 71.2. The largest absolute Gasteiger partial charge is 0.466 e. The average Bonchev–Trinajstić information content (AvgIpc) is 3.35. The molecule has 0 aromatic rings. The molecule has 6 nitrogen and oxygen atoms in total. The molecule has 0 bridgehead atoms. The van der Waals surface area contributed by atoms with E-state index in [4.69, 9.17) is 4.74 Å². The Kier molecular flexibility index (Phi) is 58.0. The summed E-state index contributed by atoms with van der Waals surface area (Å²) in [5.41, 5.74) is 0. The highest BCUT2D eigenvalue weighted by Crippen LogP contribution is 2.18. The SMILES string of the molecule is CCCCCCCCCCCCC/C=C/C(O)C(CO)NC(=O)CCCCCCCCCCCCCCCCCCCCCCCCCCCOC(=O)CCCCCCCCCCCCCCCC. The number of ether oxygens (including phenoxy) is 1. The number of aliphatic hydroxyl groups excluding tert-OH is 2. The van der Waals surface area contributed by atoms with Gasteiger partial charge in [-0.15, -0.1) is 0 Å². The number of aliphatic hydroxyl groups is 2. The van der Waals surface area contributed by atoms with Crippen LogP contribution in [0.1, 0.15) is 354 Å². The molecule has 0 aliphatic heterocycles. The third-order valence-electron chi connectivity index (χ3n) is 14.8. The van der Waals surface area contributed by atoms with Gasteiger partial charge in [0.1, 0.15) is 0 Å². The van der Waals surface area contributed by atoms with Crippen molar-refractivity contribution in [2.75, 3.05) is 13.2 Å². The lowest BCUT2D eigenvalue weighted by atomic mass is 10.0. The van der Waals surface area contributed by atoms with E-state index in [2.05, 4.69) is 19.2 Å². The van der Waals surface area contributed by atoms with E-state index in [-0.39, 0.29) is 18.5 Å². The maximum absolute atomic E-state index is 12.4. The third kappa shape index (κ3) is 55.8. The van der Waals surface area contributed by atoms with E-state index in [0.29, 0.717) is 19.4 Å². The number of amides is 1. The van der Waals surface area contributed by atoms with E-state index in [9.17, 15) is 19.8 Å². The summed E-state index contributed by atoms with van der Waals surface area (Å²) in [5.74, 6) is -0.0460. The van der Waals surface area contributed by atoms with Gasteiger partial charge in [-0.3, -0.25) is 9.59 Å². The van der Waals surface area contributed by atoms with Crippen molar-refractivity contribution in [3.8, 4) is 0 Å². The fourth-order valence-electron chi connectivity index (χ4n) is 9.99. The Morgan fingerprint density at radius 2 is 0.667 bits per heavy atom. The average molecular weight is 975 g/mol. The highest BCUT2D eigenvalue weighted by molar-refractivity contribution is 5.76. The molecule has 0 aliphatic carbocycles. The first kappa shape index (κ1) is 67.6. The van der Waals surface area contributed by atoms with Crippen LogP contribution in [0.25, 0.3) is 0 Å².